The lowest BCUT2D eigenvalue weighted by Gasteiger charge is -2.14. The lowest BCUT2D eigenvalue weighted by molar-refractivity contribution is -0.871. The summed E-state index contributed by atoms with van der Waals surface area (Å²) in [4.78, 5) is 13.0. The van der Waals surface area contributed by atoms with E-state index in [0.29, 0.717) is 19.7 Å². The lowest BCUT2D eigenvalue weighted by Crippen LogP contribution is -3.10. The van der Waals surface area contributed by atoms with Crippen molar-refractivity contribution >= 4 is 11.6 Å². The number of methoxy groups -OCH3 is 1. The third-order valence-electron chi connectivity index (χ3n) is 3.46. The monoisotopic (exact) mass is 333 g/mol. The predicted molar refractivity (Wildman–Crippen MR) is 90.1 cm³/mol. The summed E-state index contributed by atoms with van der Waals surface area (Å²) in [5.41, 5.74) is 0.719. The number of carbonyl (C=O) groups excluding carboxylic acids is 1. The number of benzene rings is 2. The van der Waals surface area contributed by atoms with E-state index in [2.05, 4.69) is 5.32 Å². The van der Waals surface area contributed by atoms with Gasteiger partial charge in [0.25, 0.3) is 5.91 Å². The van der Waals surface area contributed by atoms with Crippen molar-refractivity contribution in [3.63, 3.8) is 0 Å². The van der Waals surface area contributed by atoms with Crippen LogP contribution in [0.5, 0.6) is 11.5 Å². The fourth-order valence-electron chi connectivity index (χ4n) is 2.14. The molecule has 0 saturated heterocycles. The molecule has 6 heteroatoms. The van der Waals surface area contributed by atoms with Crippen LogP contribution < -0.4 is 19.7 Å². The van der Waals surface area contributed by atoms with Crippen LogP contribution in [0, 0.1) is 5.82 Å². The highest BCUT2D eigenvalue weighted by atomic mass is 19.1. The highest BCUT2D eigenvalue weighted by Crippen LogP contribution is 2.15. The Balaban J connectivity index is 1.72. The molecule has 0 aliphatic heterocycles. The van der Waals surface area contributed by atoms with Gasteiger partial charge in [0, 0.05) is 5.69 Å². The number of carbonyl (C=O) groups is 1. The van der Waals surface area contributed by atoms with Gasteiger partial charge in [-0.3, -0.25) is 4.79 Å². The Bertz CT molecular complexity index is 662. The molecule has 0 fully saturated rings. The average Bonchev–Trinajstić information content (AvgIpc) is 2.57. The maximum Gasteiger partial charge on any atom is 0.279 e. The number of hydrogen-bond donors (Lipinski definition) is 2. The normalized spacial score (nSPS) is 11.6. The van der Waals surface area contributed by atoms with E-state index in [9.17, 15) is 9.18 Å². The van der Waals surface area contributed by atoms with Crippen molar-refractivity contribution in [1.82, 2.24) is 0 Å². The average molecular weight is 333 g/mol. The largest absolute Gasteiger partial charge is 0.497 e. The number of ether oxygens (including phenoxy) is 2. The van der Waals surface area contributed by atoms with Crippen LogP contribution in [0.15, 0.2) is 48.5 Å². The molecule has 2 aromatic rings. The molecule has 1 atom stereocenters. The van der Waals surface area contributed by atoms with Gasteiger partial charge in [0.05, 0.1) is 14.2 Å². The number of likely N-dealkylation sites (N-methyl/N-ethyl adjacent to an activating group) is 1. The first-order valence-corrected chi connectivity index (χ1v) is 7.71. The Morgan fingerprint density at radius 2 is 1.88 bits per heavy atom. The molecule has 0 saturated carbocycles. The number of halogens is 1. The topological polar surface area (TPSA) is 52.0 Å². The second kappa shape index (κ2) is 8.88. The minimum Gasteiger partial charge on any atom is -0.497 e. The zero-order valence-corrected chi connectivity index (χ0v) is 13.8. The zero-order valence-electron chi connectivity index (χ0n) is 13.8. The van der Waals surface area contributed by atoms with Gasteiger partial charge in [-0.15, -0.1) is 0 Å². The van der Waals surface area contributed by atoms with Crippen molar-refractivity contribution in [3.05, 3.63) is 54.3 Å². The van der Waals surface area contributed by atoms with Crippen molar-refractivity contribution in [1.29, 1.82) is 0 Å². The molecule has 2 rings (SSSR count). The maximum absolute atomic E-state index is 13.4. The molecule has 0 aliphatic rings. The van der Waals surface area contributed by atoms with Crippen LogP contribution >= 0.6 is 0 Å². The first-order chi connectivity index (χ1) is 11.6. The molecule has 5 nitrogen and oxygen atoms in total. The van der Waals surface area contributed by atoms with Crippen molar-refractivity contribution in [2.24, 2.45) is 0 Å². The quantitative estimate of drug-likeness (QED) is 0.767. The summed E-state index contributed by atoms with van der Waals surface area (Å²) in [5.74, 6) is 0.491. The van der Waals surface area contributed by atoms with Gasteiger partial charge >= 0.3 is 0 Å². The summed E-state index contributed by atoms with van der Waals surface area (Å²) in [6.45, 7) is 1.22. The minimum atomic E-state index is -0.382. The van der Waals surface area contributed by atoms with Crippen LogP contribution in [-0.4, -0.2) is 39.8 Å². The number of quaternary nitrogens is 1. The molecule has 1 unspecified atom stereocenters. The molecule has 2 aromatic carbocycles. The van der Waals surface area contributed by atoms with Gasteiger partial charge in [-0.05, 0) is 36.4 Å². The van der Waals surface area contributed by atoms with Crippen LogP contribution in [0.4, 0.5) is 10.1 Å². The molecule has 0 radical (unpaired) electrons. The third kappa shape index (κ3) is 5.55. The summed E-state index contributed by atoms with van der Waals surface area (Å²) in [5, 5.41) is 2.83. The predicted octanol–water partition coefficient (Wildman–Crippen LogP) is 1.37. The van der Waals surface area contributed by atoms with E-state index in [1.165, 1.54) is 6.07 Å². The number of amides is 1. The molecule has 1 amide bonds. The third-order valence-corrected chi connectivity index (χ3v) is 3.46. The van der Waals surface area contributed by atoms with E-state index >= 15 is 0 Å². The second-order valence-electron chi connectivity index (χ2n) is 5.44. The summed E-state index contributed by atoms with van der Waals surface area (Å²) in [7, 11) is 3.48. The van der Waals surface area contributed by atoms with Crippen LogP contribution in [0.1, 0.15) is 0 Å². The first kappa shape index (κ1) is 17.7. The molecular formula is C18H22FN2O3+. The van der Waals surface area contributed by atoms with Crippen molar-refractivity contribution in [3.8, 4) is 11.5 Å². The zero-order chi connectivity index (χ0) is 17.4. The molecule has 128 valence electrons. The van der Waals surface area contributed by atoms with Gasteiger partial charge in [-0.2, -0.15) is 0 Å². The second-order valence-corrected chi connectivity index (χ2v) is 5.44. The lowest BCUT2D eigenvalue weighted by atomic mass is 10.3. The number of anilines is 1. The van der Waals surface area contributed by atoms with Gasteiger partial charge in [-0.1, -0.05) is 12.1 Å². The number of rotatable bonds is 8. The Morgan fingerprint density at radius 3 is 2.54 bits per heavy atom. The summed E-state index contributed by atoms with van der Waals surface area (Å²) >= 11 is 0. The van der Waals surface area contributed by atoms with Crippen molar-refractivity contribution in [2.45, 2.75) is 0 Å². The van der Waals surface area contributed by atoms with Crippen LogP contribution in [0.3, 0.4) is 0 Å². The first-order valence-electron chi connectivity index (χ1n) is 7.71. The van der Waals surface area contributed by atoms with E-state index in [0.717, 1.165) is 16.3 Å². The Kier molecular flexibility index (Phi) is 6.57. The highest BCUT2D eigenvalue weighted by Gasteiger charge is 2.11. The van der Waals surface area contributed by atoms with Gasteiger partial charge in [0.2, 0.25) is 0 Å². The van der Waals surface area contributed by atoms with Crippen LogP contribution in [0.25, 0.3) is 0 Å². The van der Waals surface area contributed by atoms with E-state index in [-0.39, 0.29) is 17.5 Å². The molecule has 2 N–H and O–H groups in total. The van der Waals surface area contributed by atoms with Gasteiger partial charge in [0.15, 0.2) is 18.1 Å². The van der Waals surface area contributed by atoms with E-state index in [1.807, 2.05) is 7.05 Å². The molecule has 24 heavy (non-hydrogen) atoms. The Hall–Kier alpha value is -2.60. The van der Waals surface area contributed by atoms with E-state index in [1.54, 1.807) is 49.6 Å². The maximum atomic E-state index is 13.4. The van der Waals surface area contributed by atoms with Crippen molar-refractivity contribution < 1.29 is 23.6 Å². The molecule has 0 heterocycles. The van der Waals surface area contributed by atoms with Gasteiger partial charge < -0.3 is 19.7 Å². The van der Waals surface area contributed by atoms with Crippen LogP contribution in [-0.2, 0) is 4.79 Å². The van der Waals surface area contributed by atoms with Crippen molar-refractivity contribution in [2.75, 3.05) is 39.2 Å². The Labute approximate surface area is 141 Å². The smallest absolute Gasteiger partial charge is 0.279 e. The summed E-state index contributed by atoms with van der Waals surface area (Å²) in [6.07, 6.45) is 0. The highest BCUT2D eigenvalue weighted by molar-refractivity contribution is 5.91. The molecule has 0 spiro atoms. The van der Waals surface area contributed by atoms with Gasteiger partial charge in [-0.25, -0.2) is 4.39 Å². The molecule has 0 aliphatic carbocycles. The number of hydrogen-bond acceptors (Lipinski definition) is 3. The number of para-hydroxylation sites is 1. The fourth-order valence-corrected chi connectivity index (χ4v) is 2.14. The minimum absolute atomic E-state index is 0.0939. The number of nitrogens with one attached hydrogen (secondary N) is 2. The molecule has 0 aromatic heterocycles. The van der Waals surface area contributed by atoms with Gasteiger partial charge in [0.1, 0.15) is 18.9 Å². The SMILES string of the molecule is COc1ccc(NC(=O)C[NH+](C)CCOc2ccccc2F)cc1. The van der Waals surface area contributed by atoms with Crippen LogP contribution in [0.2, 0.25) is 0 Å². The summed E-state index contributed by atoms with van der Waals surface area (Å²) < 4.78 is 23.9. The molecular weight excluding hydrogens is 311 g/mol. The standard InChI is InChI=1S/C18H21FN2O3/c1-21(11-12-24-17-6-4-3-5-16(17)19)13-18(22)20-14-7-9-15(23-2)10-8-14/h3-10H,11-13H2,1-2H3,(H,20,22)/p+1. The van der Waals surface area contributed by atoms with E-state index in [4.69, 9.17) is 9.47 Å². The van der Waals surface area contributed by atoms with E-state index < -0.39 is 0 Å². The summed E-state index contributed by atoms with van der Waals surface area (Å²) in [6, 6.07) is 13.4. The molecule has 0 bridgehead atoms. The Morgan fingerprint density at radius 1 is 1.17 bits per heavy atom. The fraction of sp³-hybridized carbons (Fsp3) is 0.278.